The van der Waals surface area contributed by atoms with Crippen LogP contribution in [0, 0.1) is 0 Å². The summed E-state index contributed by atoms with van der Waals surface area (Å²) in [6.07, 6.45) is 3.52. The second-order valence-corrected chi connectivity index (χ2v) is 3.81. The van der Waals surface area contributed by atoms with Crippen LogP contribution in [-0.4, -0.2) is 40.9 Å². The number of aromatic nitrogens is 2. The lowest BCUT2D eigenvalue weighted by Crippen LogP contribution is -2.22. The van der Waals surface area contributed by atoms with Crippen LogP contribution >= 0.6 is 11.8 Å². The third kappa shape index (κ3) is 3.75. The van der Waals surface area contributed by atoms with Gasteiger partial charge in [-0.05, 0) is 6.26 Å². The fraction of sp³-hybridized carbons (Fsp3) is 0.444. The predicted octanol–water partition coefficient (Wildman–Crippen LogP) is 1.11. The minimum Gasteiger partial charge on any atom is -0.481 e. The van der Waals surface area contributed by atoms with E-state index in [4.69, 9.17) is 5.11 Å². The summed E-state index contributed by atoms with van der Waals surface area (Å²) in [6.45, 7) is 0.445. The van der Waals surface area contributed by atoms with Gasteiger partial charge < -0.3 is 10.0 Å². The zero-order valence-corrected chi connectivity index (χ0v) is 9.49. The van der Waals surface area contributed by atoms with Crippen molar-refractivity contribution < 1.29 is 9.90 Å². The third-order valence-electron chi connectivity index (χ3n) is 1.89. The molecule has 82 valence electrons. The maximum Gasteiger partial charge on any atom is 0.305 e. The lowest BCUT2D eigenvalue weighted by molar-refractivity contribution is -0.136. The summed E-state index contributed by atoms with van der Waals surface area (Å²) in [4.78, 5) is 20.3. The smallest absolute Gasteiger partial charge is 0.305 e. The average Bonchev–Trinajstić information content (AvgIpc) is 2.26. The molecule has 0 saturated heterocycles. The van der Waals surface area contributed by atoms with Gasteiger partial charge in [0.05, 0.1) is 6.42 Å². The first-order valence-corrected chi connectivity index (χ1v) is 5.65. The van der Waals surface area contributed by atoms with E-state index in [-0.39, 0.29) is 6.42 Å². The van der Waals surface area contributed by atoms with Crippen molar-refractivity contribution in [3.63, 3.8) is 0 Å². The summed E-state index contributed by atoms with van der Waals surface area (Å²) in [5, 5.41) is 9.42. The number of anilines is 1. The van der Waals surface area contributed by atoms with Crippen LogP contribution in [0.25, 0.3) is 0 Å². The first kappa shape index (κ1) is 11.8. The molecule has 1 heterocycles. The fourth-order valence-electron chi connectivity index (χ4n) is 1.03. The third-order valence-corrected chi connectivity index (χ3v) is 2.53. The Morgan fingerprint density at radius 1 is 1.60 bits per heavy atom. The van der Waals surface area contributed by atoms with Gasteiger partial charge in [0.25, 0.3) is 0 Å². The molecule has 15 heavy (non-hydrogen) atoms. The number of rotatable bonds is 5. The van der Waals surface area contributed by atoms with Crippen LogP contribution in [0.1, 0.15) is 6.42 Å². The van der Waals surface area contributed by atoms with Gasteiger partial charge in [-0.25, -0.2) is 9.97 Å². The average molecular weight is 227 g/mol. The van der Waals surface area contributed by atoms with E-state index in [0.29, 0.717) is 6.54 Å². The lowest BCUT2D eigenvalue weighted by Gasteiger charge is -2.16. The Hall–Kier alpha value is -1.30. The van der Waals surface area contributed by atoms with Gasteiger partial charge in [-0.15, -0.1) is 11.8 Å². The molecule has 0 aliphatic heterocycles. The Balaban J connectivity index is 2.64. The maximum absolute atomic E-state index is 10.4. The summed E-state index contributed by atoms with van der Waals surface area (Å²) in [6, 6.07) is 1.84. The highest BCUT2D eigenvalue weighted by atomic mass is 32.2. The van der Waals surface area contributed by atoms with Crippen LogP contribution in [0.15, 0.2) is 17.4 Å². The van der Waals surface area contributed by atoms with Crippen molar-refractivity contribution in [1.29, 1.82) is 0 Å². The molecule has 0 fully saturated rings. The van der Waals surface area contributed by atoms with Crippen LogP contribution in [-0.2, 0) is 4.79 Å². The van der Waals surface area contributed by atoms with E-state index in [0.717, 1.165) is 10.8 Å². The highest BCUT2D eigenvalue weighted by Gasteiger charge is 2.05. The monoisotopic (exact) mass is 227 g/mol. The quantitative estimate of drug-likeness (QED) is 0.600. The molecule has 0 amide bonds. The molecule has 0 spiro atoms. The zero-order valence-electron chi connectivity index (χ0n) is 8.67. The minimum atomic E-state index is -0.805. The van der Waals surface area contributed by atoms with Gasteiger partial charge in [0.15, 0.2) is 0 Å². The molecular weight excluding hydrogens is 214 g/mol. The second kappa shape index (κ2) is 5.55. The van der Waals surface area contributed by atoms with Gasteiger partial charge in [0.2, 0.25) is 0 Å². The Morgan fingerprint density at radius 2 is 2.33 bits per heavy atom. The Labute approximate surface area is 92.5 Å². The van der Waals surface area contributed by atoms with E-state index in [1.54, 1.807) is 4.90 Å². The number of nitrogens with zero attached hydrogens (tertiary/aromatic N) is 3. The molecule has 0 aliphatic carbocycles. The number of thioether (sulfide) groups is 1. The molecule has 1 N–H and O–H groups in total. The minimum absolute atomic E-state index is 0.106. The molecular formula is C9H13N3O2S. The summed E-state index contributed by atoms with van der Waals surface area (Å²) in [5.74, 6) is -0.0587. The molecule has 0 aromatic carbocycles. The summed E-state index contributed by atoms with van der Waals surface area (Å²) in [5.41, 5.74) is 0. The van der Waals surface area contributed by atoms with Crippen LogP contribution in [0.2, 0.25) is 0 Å². The molecule has 0 unspecified atom stereocenters. The van der Waals surface area contributed by atoms with E-state index >= 15 is 0 Å². The van der Waals surface area contributed by atoms with Crippen molar-refractivity contribution >= 4 is 23.5 Å². The summed E-state index contributed by atoms with van der Waals surface area (Å²) < 4.78 is 0. The maximum atomic E-state index is 10.4. The largest absolute Gasteiger partial charge is 0.481 e. The fourth-order valence-corrected chi connectivity index (χ4v) is 1.40. The second-order valence-electron chi connectivity index (χ2n) is 2.98. The van der Waals surface area contributed by atoms with Gasteiger partial charge in [-0.3, -0.25) is 4.79 Å². The topological polar surface area (TPSA) is 66.3 Å². The first-order chi connectivity index (χ1) is 7.13. The zero-order chi connectivity index (χ0) is 11.3. The molecule has 5 nitrogen and oxygen atoms in total. The van der Waals surface area contributed by atoms with Crippen molar-refractivity contribution in [2.45, 2.75) is 11.4 Å². The van der Waals surface area contributed by atoms with E-state index in [1.165, 1.54) is 18.1 Å². The first-order valence-electron chi connectivity index (χ1n) is 4.42. The molecule has 0 bridgehead atoms. The summed E-state index contributed by atoms with van der Waals surface area (Å²) >= 11 is 1.53. The summed E-state index contributed by atoms with van der Waals surface area (Å²) in [7, 11) is 1.81. The number of carboxylic acids is 1. The predicted molar refractivity (Wildman–Crippen MR) is 59.3 cm³/mol. The highest BCUT2D eigenvalue weighted by Crippen LogP contribution is 2.16. The molecule has 0 saturated carbocycles. The number of aliphatic carboxylic acids is 1. The van der Waals surface area contributed by atoms with E-state index in [1.807, 2.05) is 19.4 Å². The molecule has 1 aromatic rings. The SMILES string of the molecule is CSc1cc(N(C)CCC(=O)O)ncn1. The van der Waals surface area contributed by atoms with E-state index < -0.39 is 5.97 Å². The highest BCUT2D eigenvalue weighted by molar-refractivity contribution is 7.98. The van der Waals surface area contributed by atoms with Crippen LogP contribution in [0.3, 0.4) is 0 Å². The molecule has 6 heteroatoms. The van der Waals surface area contributed by atoms with Gasteiger partial charge in [-0.2, -0.15) is 0 Å². The number of carboxylic acid groups (broad SMARTS) is 1. The van der Waals surface area contributed by atoms with Gasteiger partial charge in [-0.1, -0.05) is 0 Å². The number of hydrogen-bond acceptors (Lipinski definition) is 5. The van der Waals surface area contributed by atoms with Crippen molar-refractivity contribution in [3.05, 3.63) is 12.4 Å². The van der Waals surface area contributed by atoms with Gasteiger partial charge in [0, 0.05) is 19.7 Å². The van der Waals surface area contributed by atoms with Crippen molar-refractivity contribution in [1.82, 2.24) is 9.97 Å². The Morgan fingerprint density at radius 3 is 2.93 bits per heavy atom. The van der Waals surface area contributed by atoms with Gasteiger partial charge in [0.1, 0.15) is 17.2 Å². The lowest BCUT2D eigenvalue weighted by atomic mass is 10.4. The standard InChI is InChI=1S/C9H13N3O2S/c1-12(4-3-9(13)14)7-5-8(15-2)11-6-10-7/h5-6H,3-4H2,1-2H3,(H,13,14). The molecule has 0 radical (unpaired) electrons. The molecule has 1 rings (SSSR count). The van der Waals surface area contributed by atoms with Crippen LogP contribution < -0.4 is 4.90 Å². The van der Waals surface area contributed by atoms with Gasteiger partial charge >= 0.3 is 5.97 Å². The Kier molecular flexibility index (Phi) is 4.36. The normalized spacial score (nSPS) is 10.0. The molecule has 0 atom stereocenters. The van der Waals surface area contributed by atoms with E-state index in [2.05, 4.69) is 9.97 Å². The van der Waals surface area contributed by atoms with Crippen molar-refractivity contribution in [2.75, 3.05) is 24.7 Å². The Bertz CT molecular complexity index is 346. The van der Waals surface area contributed by atoms with Crippen LogP contribution in [0.4, 0.5) is 5.82 Å². The number of hydrogen-bond donors (Lipinski definition) is 1. The number of carbonyl (C=O) groups is 1. The van der Waals surface area contributed by atoms with Crippen LogP contribution in [0.5, 0.6) is 0 Å². The molecule has 0 aliphatic rings. The molecule has 1 aromatic heterocycles. The van der Waals surface area contributed by atoms with Crippen molar-refractivity contribution in [2.24, 2.45) is 0 Å². The van der Waals surface area contributed by atoms with Crippen molar-refractivity contribution in [3.8, 4) is 0 Å². The van der Waals surface area contributed by atoms with E-state index in [9.17, 15) is 4.79 Å².